The lowest BCUT2D eigenvalue weighted by Gasteiger charge is -2.21. The zero-order valence-electron chi connectivity index (χ0n) is 6.16. The summed E-state index contributed by atoms with van der Waals surface area (Å²) in [6, 6.07) is 0. The Hall–Kier alpha value is -0.710. The van der Waals surface area contributed by atoms with Gasteiger partial charge in [-0.15, -0.1) is 0 Å². The van der Waals surface area contributed by atoms with Gasteiger partial charge in [0, 0.05) is 6.54 Å². The second-order valence-electron chi connectivity index (χ2n) is 2.62. The average molecular weight is 164 g/mol. The number of hydrogen-bond acceptors (Lipinski definition) is 2. The molecule has 2 N–H and O–H groups in total. The molecule has 0 bridgehead atoms. The first kappa shape index (κ1) is 8.39. The molecule has 5 heteroatoms. The lowest BCUT2D eigenvalue weighted by atomic mass is 9.86. The maximum atomic E-state index is 12.3. The maximum Gasteiger partial charge on any atom is 0.254 e. The molecule has 3 nitrogen and oxygen atoms in total. The summed E-state index contributed by atoms with van der Waals surface area (Å²) in [6.45, 7) is 1.60. The molecule has 0 aromatic heterocycles. The van der Waals surface area contributed by atoms with Crippen LogP contribution in [-0.4, -0.2) is 18.9 Å². The Labute approximate surface area is 63.1 Å². The van der Waals surface area contributed by atoms with Crippen LogP contribution in [0.2, 0.25) is 0 Å². The van der Waals surface area contributed by atoms with Crippen LogP contribution in [0.4, 0.5) is 8.78 Å². The number of halogens is 2. The molecular weight excluding hydrogens is 154 g/mol. The van der Waals surface area contributed by atoms with Gasteiger partial charge in [-0.1, -0.05) is 6.92 Å². The predicted octanol–water partition coefficient (Wildman–Crippen LogP) is 0.282. The summed E-state index contributed by atoms with van der Waals surface area (Å²) in [7, 11) is 0. The quantitative estimate of drug-likeness (QED) is 0.615. The minimum Gasteiger partial charge on any atom is -0.291 e. The molecule has 1 aliphatic heterocycles. The number of nitrogens with one attached hydrogen (secondary N) is 2. The minimum absolute atomic E-state index is 0.0139. The second-order valence-corrected chi connectivity index (χ2v) is 2.62. The average Bonchev–Trinajstić information content (AvgIpc) is 2.32. The fourth-order valence-corrected chi connectivity index (χ4v) is 1.10. The summed E-state index contributed by atoms with van der Waals surface area (Å²) in [6.07, 6.45) is -2.44. The van der Waals surface area contributed by atoms with E-state index in [0.717, 1.165) is 0 Å². The van der Waals surface area contributed by atoms with Crippen molar-refractivity contribution < 1.29 is 13.6 Å². The number of amides is 1. The summed E-state index contributed by atoms with van der Waals surface area (Å²) in [5, 5.41) is 0. The smallest absolute Gasteiger partial charge is 0.254 e. The Kier molecular flexibility index (Phi) is 2.08. The van der Waals surface area contributed by atoms with Crippen molar-refractivity contribution >= 4 is 5.91 Å². The van der Waals surface area contributed by atoms with Crippen molar-refractivity contribution in [1.29, 1.82) is 0 Å². The molecule has 1 fully saturated rings. The molecule has 0 saturated carbocycles. The van der Waals surface area contributed by atoms with Crippen LogP contribution in [0.1, 0.15) is 13.3 Å². The van der Waals surface area contributed by atoms with E-state index in [0.29, 0.717) is 0 Å². The van der Waals surface area contributed by atoms with Gasteiger partial charge in [0.25, 0.3) is 6.43 Å². The third-order valence-corrected chi connectivity index (χ3v) is 2.11. The summed E-state index contributed by atoms with van der Waals surface area (Å²) in [4.78, 5) is 10.9. The van der Waals surface area contributed by atoms with Crippen LogP contribution in [-0.2, 0) is 4.79 Å². The lowest BCUT2D eigenvalue weighted by Crippen LogP contribution is -2.38. The van der Waals surface area contributed by atoms with Crippen molar-refractivity contribution in [2.45, 2.75) is 19.8 Å². The van der Waals surface area contributed by atoms with E-state index in [2.05, 4.69) is 10.9 Å². The van der Waals surface area contributed by atoms with Gasteiger partial charge in [0.15, 0.2) is 0 Å². The van der Waals surface area contributed by atoms with Crippen molar-refractivity contribution in [1.82, 2.24) is 10.9 Å². The van der Waals surface area contributed by atoms with E-state index in [9.17, 15) is 13.6 Å². The molecule has 1 amide bonds. The van der Waals surface area contributed by atoms with Crippen LogP contribution in [0.25, 0.3) is 0 Å². The van der Waals surface area contributed by atoms with Crippen LogP contribution < -0.4 is 10.9 Å². The first-order valence-electron chi connectivity index (χ1n) is 3.45. The van der Waals surface area contributed by atoms with Crippen LogP contribution in [0.5, 0.6) is 0 Å². The van der Waals surface area contributed by atoms with Gasteiger partial charge in [0.2, 0.25) is 5.91 Å². The highest BCUT2D eigenvalue weighted by atomic mass is 19.3. The van der Waals surface area contributed by atoms with E-state index in [1.807, 2.05) is 0 Å². The molecule has 11 heavy (non-hydrogen) atoms. The molecule has 1 atom stereocenters. The minimum atomic E-state index is -2.59. The van der Waals surface area contributed by atoms with Gasteiger partial charge in [-0.25, -0.2) is 14.2 Å². The highest BCUT2D eigenvalue weighted by Gasteiger charge is 2.48. The number of carbonyl (C=O) groups is 1. The van der Waals surface area contributed by atoms with Gasteiger partial charge in [0.05, 0.1) is 0 Å². The molecule has 0 aromatic rings. The van der Waals surface area contributed by atoms with Crippen LogP contribution in [0.15, 0.2) is 0 Å². The molecule has 0 spiro atoms. The molecule has 0 aromatic carbocycles. The Balaban J connectivity index is 2.82. The Bertz CT molecular complexity index is 174. The van der Waals surface area contributed by atoms with Gasteiger partial charge in [0.1, 0.15) is 5.41 Å². The van der Waals surface area contributed by atoms with Gasteiger partial charge >= 0.3 is 0 Å². The molecule has 0 aliphatic carbocycles. The van der Waals surface area contributed by atoms with E-state index in [1.54, 1.807) is 6.92 Å². The zero-order valence-corrected chi connectivity index (χ0v) is 6.16. The molecule has 1 heterocycles. The summed E-state index contributed by atoms with van der Waals surface area (Å²) in [5.74, 6) is -0.602. The molecule has 64 valence electrons. The van der Waals surface area contributed by atoms with Crippen molar-refractivity contribution in [2.24, 2.45) is 5.41 Å². The normalized spacial score (nSPS) is 31.1. The Morgan fingerprint density at radius 3 is 2.55 bits per heavy atom. The fraction of sp³-hybridized carbons (Fsp3) is 0.833. The highest BCUT2D eigenvalue weighted by Crippen LogP contribution is 2.31. The third kappa shape index (κ3) is 1.09. The summed E-state index contributed by atoms with van der Waals surface area (Å²) in [5.41, 5.74) is 3.09. The van der Waals surface area contributed by atoms with E-state index in [4.69, 9.17) is 0 Å². The first-order valence-corrected chi connectivity index (χ1v) is 3.45. The van der Waals surface area contributed by atoms with E-state index < -0.39 is 17.7 Å². The van der Waals surface area contributed by atoms with Gasteiger partial charge in [-0.05, 0) is 6.42 Å². The van der Waals surface area contributed by atoms with Gasteiger partial charge in [-0.2, -0.15) is 0 Å². The maximum absolute atomic E-state index is 12.3. The molecule has 1 saturated heterocycles. The van der Waals surface area contributed by atoms with Crippen LogP contribution >= 0.6 is 0 Å². The predicted molar refractivity (Wildman–Crippen MR) is 34.9 cm³/mol. The van der Waals surface area contributed by atoms with Crippen molar-refractivity contribution in [3.8, 4) is 0 Å². The number of alkyl halides is 2. The topological polar surface area (TPSA) is 41.1 Å². The number of hydrogen-bond donors (Lipinski definition) is 2. The zero-order chi connectivity index (χ0) is 8.48. The number of rotatable bonds is 2. The molecule has 1 unspecified atom stereocenters. The van der Waals surface area contributed by atoms with Crippen molar-refractivity contribution in [2.75, 3.05) is 6.54 Å². The summed E-state index contributed by atoms with van der Waals surface area (Å²) < 4.78 is 24.7. The molecular formula is C6H10F2N2O. The Morgan fingerprint density at radius 1 is 1.73 bits per heavy atom. The SMILES string of the molecule is CCC1(C(F)F)CNNC1=O. The monoisotopic (exact) mass is 164 g/mol. The van der Waals surface area contributed by atoms with E-state index in [-0.39, 0.29) is 13.0 Å². The molecule has 0 radical (unpaired) electrons. The fourth-order valence-electron chi connectivity index (χ4n) is 1.10. The van der Waals surface area contributed by atoms with E-state index in [1.165, 1.54) is 0 Å². The van der Waals surface area contributed by atoms with Gasteiger partial charge < -0.3 is 0 Å². The van der Waals surface area contributed by atoms with Crippen LogP contribution in [0.3, 0.4) is 0 Å². The van der Waals surface area contributed by atoms with E-state index >= 15 is 0 Å². The summed E-state index contributed by atoms with van der Waals surface area (Å²) >= 11 is 0. The number of carbonyl (C=O) groups excluding carboxylic acids is 1. The van der Waals surface area contributed by atoms with Crippen LogP contribution in [0, 0.1) is 5.41 Å². The van der Waals surface area contributed by atoms with Crippen molar-refractivity contribution in [3.63, 3.8) is 0 Å². The third-order valence-electron chi connectivity index (χ3n) is 2.11. The highest BCUT2D eigenvalue weighted by molar-refractivity contribution is 5.84. The standard InChI is InChI=1S/C6H10F2N2O/c1-2-6(4(7)8)3-9-10-5(6)11/h4,9H,2-3H2,1H3,(H,10,11). The second kappa shape index (κ2) is 2.73. The largest absolute Gasteiger partial charge is 0.291 e. The lowest BCUT2D eigenvalue weighted by molar-refractivity contribution is -0.135. The first-order chi connectivity index (χ1) is 5.13. The van der Waals surface area contributed by atoms with Gasteiger partial charge in [-0.3, -0.25) is 10.2 Å². The number of hydrazine groups is 1. The molecule has 1 rings (SSSR count). The van der Waals surface area contributed by atoms with Crippen molar-refractivity contribution in [3.05, 3.63) is 0 Å². The molecule has 1 aliphatic rings. The Morgan fingerprint density at radius 2 is 2.36 bits per heavy atom.